The molecule has 4 nitrogen and oxygen atoms in total. The third kappa shape index (κ3) is 4.47. The van der Waals surface area contributed by atoms with E-state index in [1.807, 2.05) is 0 Å². The van der Waals surface area contributed by atoms with Crippen molar-refractivity contribution in [3.63, 3.8) is 0 Å². The second kappa shape index (κ2) is 7.03. The Hall–Kier alpha value is -1.70. The van der Waals surface area contributed by atoms with Crippen molar-refractivity contribution in [1.29, 1.82) is 0 Å². The third-order valence-corrected chi connectivity index (χ3v) is 2.69. The fourth-order valence-corrected chi connectivity index (χ4v) is 1.66. The molecule has 0 saturated heterocycles. The molecule has 0 heterocycles. The highest BCUT2D eigenvalue weighted by atomic mass is 35.5. The predicted molar refractivity (Wildman–Crippen MR) is 74.0 cm³/mol. The number of ether oxygens (including phenoxy) is 1. The molecule has 0 radical (unpaired) electrons. The van der Waals surface area contributed by atoms with Crippen LogP contribution in [-0.2, 0) is 4.79 Å². The minimum absolute atomic E-state index is 0.149. The van der Waals surface area contributed by atoms with Gasteiger partial charge in [0, 0.05) is 10.6 Å². The van der Waals surface area contributed by atoms with Gasteiger partial charge in [-0.2, -0.15) is 0 Å². The lowest BCUT2D eigenvalue weighted by Gasteiger charge is -2.18. The Balaban J connectivity index is 2.82. The molecule has 19 heavy (non-hydrogen) atoms. The lowest BCUT2D eigenvalue weighted by atomic mass is 10.1. The summed E-state index contributed by atoms with van der Waals surface area (Å²) in [6, 6.07) is 4.86. The summed E-state index contributed by atoms with van der Waals surface area (Å²) in [5.74, 6) is 2.41. The summed E-state index contributed by atoms with van der Waals surface area (Å²) in [4.78, 5) is 11.6. The molecule has 0 aliphatic carbocycles. The quantitative estimate of drug-likeness (QED) is 0.811. The Labute approximate surface area is 117 Å². The Bertz CT molecular complexity index is 494. The first-order valence-corrected chi connectivity index (χ1v) is 6.18. The van der Waals surface area contributed by atoms with Gasteiger partial charge in [0.05, 0.1) is 12.6 Å². The number of amides is 1. The van der Waals surface area contributed by atoms with E-state index in [2.05, 4.69) is 11.2 Å². The molecule has 2 atom stereocenters. The molecule has 1 rings (SSSR count). The van der Waals surface area contributed by atoms with E-state index in [0.717, 1.165) is 0 Å². The normalized spacial score (nSPS) is 13.2. The zero-order valence-corrected chi connectivity index (χ0v) is 11.6. The summed E-state index contributed by atoms with van der Waals surface area (Å²) in [6.45, 7) is 3.35. The molecule has 0 aromatic heterocycles. The van der Waals surface area contributed by atoms with Crippen LogP contribution in [0.1, 0.15) is 25.5 Å². The van der Waals surface area contributed by atoms with Gasteiger partial charge in [-0.05, 0) is 32.0 Å². The molecule has 0 saturated carbocycles. The van der Waals surface area contributed by atoms with Crippen molar-refractivity contribution in [2.24, 2.45) is 0 Å². The minimum atomic E-state index is -0.741. The standard InChI is InChI=1S/C14H16ClNO3/c1-4-7-16-14(18)10(3)19-13-6-5-11(15)8-12(13)9(2)17/h1,5-6,8-10,17H,7H2,2-3H3,(H,16,18). The number of rotatable bonds is 5. The zero-order valence-electron chi connectivity index (χ0n) is 10.8. The predicted octanol–water partition coefficient (Wildman–Crippen LogP) is 1.91. The van der Waals surface area contributed by atoms with Crippen LogP contribution in [0.15, 0.2) is 18.2 Å². The summed E-state index contributed by atoms with van der Waals surface area (Å²) in [5.41, 5.74) is 0.532. The Morgan fingerprint density at radius 3 is 2.84 bits per heavy atom. The SMILES string of the molecule is C#CCNC(=O)C(C)Oc1ccc(Cl)cc1C(C)O. The number of aliphatic hydroxyl groups is 1. The molecule has 0 fully saturated rings. The number of nitrogens with one attached hydrogen (secondary N) is 1. The van der Waals surface area contributed by atoms with E-state index in [1.54, 1.807) is 32.0 Å². The van der Waals surface area contributed by atoms with Crippen molar-refractivity contribution in [2.75, 3.05) is 6.54 Å². The summed E-state index contributed by atoms with van der Waals surface area (Å²) in [6.07, 6.45) is 3.60. The summed E-state index contributed by atoms with van der Waals surface area (Å²) in [7, 11) is 0. The van der Waals surface area contributed by atoms with Crippen LogP contribution < -0.4 is 10.1 Å². The van der Waals surface area contributed by atoms with Crippen molar-refractivity contribution in [3.8, 4) is 18.1 Å². The second-order valence-electron chi connectivity index (χ2n) is 4.04. The van der Waals surface area contributed by atoms with Gasteiger partial charge in [-0.3, -0.25) is 4.79 Å². The van der Waals surface area contributed by atoms with Crippen LogP contribution in [0.2, 0.25) is 5.02 Å². The number of carbonyl (C=O) groups is 1. The number of terminal acetylenes is 1. The Kier molecular flexibility index (Phi) is 5.68. The van der Waals surface area contributed by atoms with Gasteiger partial charge in [0.25, 0.3) is 5.91 Å². The summed E-state index contributed by atoms with van der Waals surface area (Å²) < 4.78 is 5.52. The van der Waals surface area contributed by atoms with Crippen molar-refractivity contribution in [2.45, 2.75) is 26.1 Å². The van der Waals surface area contributed by atoms with Crippen molar-refractivity contribution < 1.29 is 14.6 Å². The molecule has 102 valence electrons. The van der Waals surface area contributed by atoms with Crippen molar-refractivity contribution in [1.82, 2.24) is 5.32 Å². The van der Waals surface area contributed by atoms with Crippen LogP contribution in [0, 0.1) is 12.3 Å². The van der Waals surface area contributed by atoms with Gasteiger partial charge in [-0.1, -0.05) is 17.5 Å². The molecule has 1 aromatic rings. The van der Waals surface area contributed by atoms with E-state index in [-0.39, 0.29) is 12.5 Å². The fraction of sp³-hybridized carbons (Fsp3) is 0.357. The first-order chi connectivity index (χ1) is 8.95. The first kappa shape index (κ1) is 15.4. The van der Waals surface area contributed by atoms with Crippen LogP contribution in [0.5, 0.6) is 5.75 Å². The second-order valence-corrected chi connectivity index (χ2v) is 4.48. The third-order valence-electron chi connectivity index (χ3n) is 2.46. The maximum Gasteiger partial charge on any atom is 0.261 e. The van der Waals surface area contributed by atoms with Gasteiger partial charge < -0.3 is 15.2 Å². The zero-order chi connectivity index (χ0) is 14.4. The number of carbonyl (C=O) groups excluding carboxylic acids is 1. The van der Waals surface area contributed by atoms with Crippen LogP contribution in [0.25, 0.3) is 0 Å². The van der Waals surface area contributed by atoms with E-state index < -0.39 is 12.2 Å². The van der Waals surface area contributed by atoms with Gasteiger partial charge >= 0.3 is 0 Å². The maximum atomic E-state index is 11.6. The van der Waals surface area contributed by atoms with Gasteiger partial charge in [0.1, 0.15) is 5.75 Å². The van der Waals surface area contributed by atoms with E-state index in [0.29, 0.717) is 16.3 Å². The number of benzene rings is 1. The van der Waals surface area contributed by atoms with Crippen molar-refractivity contribution >= 4 is 17.5 Å². The molecule has 5 heteroatoms. The van der Waals surface area contributed by atoms with Crippen LogP contribution in [0.3, 0.4) is 0 Å². The smallest absolute Gasteiger partial charge is 0.261 e. The van der Waals surface area contributed by atoms with E-state index in [1.165, 1.54) is 0 Å². The number of halogens is 1. The maximum absolute atomic E-state index is 11.6. The van der Waals surface area contributed by atoms with E-state index in [9.17, 15) is 9.90 Å². The van der Waals surface area contributed by atoms with Crippen LogP contribution in [0.4, 0.5) is 0 Å². The number of hydrogen-bond donors (Lipinski definition) is 2. The van der Waals surface area contributed by atoms with Gasteiger partial charge in [-0.25, -0.2) is 0 Å². The molecule has 0 spiro atoms. The summed E-state index contributed by atoms with van der Waals surface area (Å²) >= 11 is 5.86. The fourth-order valence-electron chi connectivity index (χ4n) is 1.48. The molecular weight excluding hydrogens is 266 g/mol. The minimum Gasteiger partial charge on any atom is -0.481 e. The molecule has 1 aromatic carbocycles. The van der Waals surface area contributed by atoms with E-state index >= 15 is 0 Å². The average molecular weight is 282 g/mol. The molecule has 0 aliphatic heterocycles. The molecule has 2 unspecified atom stereocenters. The number of aliphatic hydroxyl groups excluding tert-OH is 1. The van der Waals surface area contributed by atoms with Crippen LogP contribution in [-0.4, -0.2) is 23.7 Å². The lowest BCUT2D eigenvalue weighted by molar-refractivity contribution is -0.127. The number of hydrogen-bond acceptors (Lipinski definition) is 3. The first-order valence-electron chi connectivity index (χ1n) is 5.81. The highest BCUT2D eigenvalue weighted by molar-refractivity contribution is 6.30. The highest BCUT2D eigenvalue weighted by Gasteiger charge is 2.17. The Morgan fingerprint density at radius 1 is 1.58 bits per heavy atom. The topological polar surface area (TPSA) is 58.6 Å². The summed E-state index contributed by atoms with van der Waals surface area (Å²) in [5, 5.41) is 12.7. The molecule has 2 N–H and O–H groups in total. The molecular formula is C14H16ClNO3. The average Bonchev–Trinajstić information content (AvgIpc) is 2.37. The van der Waals surface area contributed by atoms with Gasteiger partial charge in [-0.15, -0.1) is 6.42 Å². The highest BCUT2D eigenvalue weighted by Crippen LogP contribution is 2.29. The van der Waals surface area contributed by atoms with Gasteiger partial charge in [0.15, 0.2) is 6.10 Å². The monoisotopic (exact) mass is 281 g/mol. The van der Waals surface area contributed by atoms with E-state index in [4.69, 9.17) is 22.8 Å². The Morgan fingerprint density at radius 2 is 2.26 bits per heavy atom. The largest absolute Gasteiger partial charge is 0.481 e. The molecule has 0 aliphatic rings. The molecule has 1 amide bonds. The van der Waals surface area contributed by atoms with Gasteiger partial charge in [0.2, 0.25) is 0 Å². The van der Waals surface area contributed by atoms with Crippen molar-refractivity contribution in [3.05, 3.63) is 28.8 Å². The molecule has 0 bridgehead atoms. The van der Waals surface area contributed by atoms with Crippen LogP contribution >= 0.6 is 11.6 Å². The lowest BCUT2D eigenvalue weighted by Crippen LogP contribution is -2.36.